The van der Waals surface area contributed by atoms with Crippen molar-refractivity contribution in [3.63, 3.8) is 0 Å². The van der Waals surface area contributed by atoms with Crippen LogP contribution >= 0.6 is 23.7 Å². The summed E-state index contributed by atoms with van der Waals surface area (Å²) in [5.74, 6) is -0.170. The van der Waals surface area contributed by atoms with Gasteiger partial charge < -0.3 is 10.6 Å². The molecule has 1 amide bonds. The lowest BCUT2D eigenvalue weighted by Gasteiger charge is -2.21. The third kappa shape index (κ3) is 4.28. The van der Waals surface area contributed by atoms with Crippen LogP contribution in [0.1, 0.15) is 17.7 Å². The van der Waals surface area contributed by atoms with Gasteiger partial charge in [0.1, 0.15) is 5.82 Å². The van der Waals surface area contributed by atoms with Gasteiger partial charge in [0.25, 0.3) is 0 Å². The van der Waals surface area contributed by atoms with Gasteiger partial charge in [-0.1, -0.05) is 0 Å². The van der Waals surface area contributed by atoms with Gasteiger partial charge in [-0.05, 0) is 57.1 Å². The maximum Gasteiger partial charge on any atom is 0.229 e. The number of anilines is 1. The zero-order valence-electron chi connectivity index (χ0n) is 12.8. The Bertz CT molecular complexity index is 668. The Morgan fingerprint density at radius 2 is 1.96 bits per heavy atom. The van der Waals surface area contributed by atoms with Crippen LogP contribution in [0.15, 0.2) is 24.3 Å². The van der Waals surface area contributed by atoms with E-state index in [1.54, 1.807) is 12.1 Å². The van der Waals surface area contributed by atoms with Crippen LogP contribution in [0.4, 0.5) is 9.52 Å². The van der Waals surface area contributed by atoms with Crippen LogP contribution in [0.2, 0.25) is 0 Å². The number of hydrogen-bond donors (Lipinski definition) is 2. The predicted molar refractivity (Wildman–Crippen MR) is 93.7 cm³/mol. The summed E-state index contributed by atoms with van der Waals surface area (Å²) in [6.45, 7) is 3.72. The number of aryl methyl sites for hydroxylation is 1. The van der Waals surface area contributed by atoms with Crippen molar-refractivity contribution in [2.75, 3.05) is 18.4 Å². The Balaban J connectivity index is 0.00000192. The molecule has 0 bridgehead atoms. The number of carbonyl (C=O) groups excluding carboxylic acids is 1. The van der Waals surface area contributed by atoms with E-state index in [4.69, 9.17) is 0 Å². The van der Waals surface area contributed by atoms with Gasteiger partial charge in [-0.2, -0.15) is 0 Å². The summed E-state index contributed by atoms with van der Waals surface area (Å²) in [7, 11) is 0. The SMILES string of the molecule is Cc1sc(NC(=O)C2CCNCC2)nc1-c1ccc(F)cc1.Cl. The molecule has 124 valence electrons. The largest absolute Gasteiger partial charge is 0.317 e. The van der Waals surface area contributed by atoms with Crippen LogP contribution in [0.25, 0.3) is 11.3 Å². The lowest BCUT2D eigenvalue weighted by Crippen LogP contribution is -2.34. The first kappa shape index (κ1) is 17.8. The van der Waals surface area contributed by atoms with E-state index in [0.29, 0.717) is 5.13 Å². The zero-order valence-corrected chi connectivity index (χ0v) is 14.4. The van der Waals surface area contributed by atoms with Crippen molar-refractivity contribution in [2.24, 2.45) is 5.92 Å². The second-order valence-electron chi connectivity index (χ2n) is 5.44. The number of thiazole rings is 1. The fourth-order valence-corrected chi connectivity index (χ4v) is 3.46. The lowest BCUT2D eigenvalue weighted by molar-refractivity contribution is -0.120. The highest BCUT2D eigenvalue weighted by molar-refractivity contribution is 7.16. The minimum Gasteiger partial charge on any atom is -0.317 e. The molecule has 1 aliphatic heterocycles. The predicted octanol–water partition coefficient (Wildman–Crippen LogP) is 3.62. The van der Waals surface area contributed by atoms with Crippen LogP contribution in [-0.4, -0.2) is 24.0 Å². The van der Waals surface area contributed by atoms with E-state index in [9.17, 15) is 9.18 Å². The average Bonchev–Trinajstić information content (AvgIpc) is 2.89. The molecule has 0 atom stereocenters. The van der Waals surface area contributed by atoms with Gasteiger partial charge in [0.2, 0.25) is 5.91 Å². The van der Waals surface area contributed by atoms with Gasteiger partial charge in [-0.3, -0.25) is 4.79 Å². The molecule has 23 heavy (non-hydrogen) atoms. The molecule has 2 N–H and O–H groups in total. The molecule has 2 heterocycles. The highest BCUT2D eigenvalue weighted by atomic mass is 35.5. The summed E-state index contributed by atoms with van der Waals surface area (Å²) in [6, 6.07) is 6.24. The highest BCUT2D eigenvalue weighted by Crippen LogP contribution is 2.31. The van der Waals surface area contributed by atoms with Gasteiger partial charge in [0.15, 0.2) is 5.13 Å². The van der Waals surface area contributed by atoms with Crippen LogP contribution < -0.4 is 10.6 Å². The van der Waals surface area contributed by atoms with Gasteiger partial charge >= 0.3 is 0 Å². The molecule has 1 aromatic carbocycles. The molecule has 0 aliphatic carbocycles. The molecule has 1 aliphatic rings. The molecule has 0 radical (unpaired) electrons. The third-order valence-electron chi connectivity index (χ3n) is 3.85. The zero-order chi connectivity index (χ0) is 15.5. The number of benzene rings is 1. The number of amides is 1. The smallest absolute Gasteiger partial charge is 0.229 e. The average molecular weight is 356 g/mol. The molecule has 3 rings (SSSR count). The summed E-state index contributed by atoms with van der Waals surface area (Å²) in [5, 5.41) is 6.78. The number of aromatic nitrogens is 1. The van der Waals surface area contributed by atoms with E-state index in [-0.39, 0.29) is 30.0 Å². The van der Waals surface area contributed by atoms with Crippen molar-refractivity contribution in [2.45, 2.75) is 19.8 Å². The molecule has 1 saturated heterocycles. The molecule has 0 spiro atoms. The summed E-state index contributed by atoms with van der Waals surface area (Å²) >= 11 is 1.45. The minimum atomic E-state index is -0.268. The topological polar surface area (TPSA) is 54.0 Å². The second-order valence-corrected chi connectivity index (χ2v) is 6.65. The fraction of sp³-hybridized carbons (Fsp3) is 0.375. The van der Waals surface area contributed by atoms with E-state index in [2.05, 4.69) is 15.6 Å². The molecule has 7 heteroatoms. The van der Waals surface area contributed by atoms with Gasteiger partial charge in [-0.15, -0.1) is 23.7 Å². The number of nitrogens with one attached hydrogen (secondary N) is 2. The number of piperidine rings is 1. The number of halogens is 2. The highest BCUT2D eigenvalue weighted by Gasteiger charge is 2.22. The summed E-state index contributed by atoms with van der Waals surface area (Å²) in [5.41, 5.74) is 1.66. The van der Waals surface area contributed by atoms with Gasteiger partial charge in [0.05, 0.1) is 5.69 Å². The minimum absolute atomic E-state index is 0. The first-order valence-corrected chi connectivity index (χ1v) is 8.20. The first-order chi connectivity index (χ1) is 10.6. The molecular weight excluding hydrogens is 337 g/mol. The van der Waals surface area contributed by atoms with Crippen molar-refractivity contribution in [3.05, 3.63) is 35.0 Å². The standard InChI is InChI=1S/C16H18FN3OS.ClH/c1-10-14(11-2-4-13(17)5-3-11)19-16(22-10)20-15(21)12-6-8-18-9-7-12;/h2-5,12,18H,6-9H2,1H3,(H,19,20,21);1H. The van der Waals surface area contributed by atoms with Crippen molar-refractivity contribution in [1.29, 1.82) is 0 Å². The summed E-state index contributed by atoms with van der Waals surface area (Å²) < 4.78 is 13.0. The Kier molecular flexibility index (Phi) is 6.10. The van der Waals surface area contributed by atoms with E-state index >= 15 is 0 Å². The molecule has 1 fully saturated rings. The first-order valence-electron chi connectivity index (χ1n) is 7.38. The van der Waals surface area contributed by atoms with E-state index in [0.717, 1.165) is 42.1 Å². The number of nitrogens with zero attached hydrogens (tertiary/aromatic N) is 1. The third-order valence-corrected chi connectivity index (χ3v) is 4.74. The molecule has 1 aromatic heterocycles. The summed E-state index contributed by atoms with van der Waals surface area (Å²) in [4.78, 5) is 17.7. The number of carbonyl (C=O) groups is 1. The molecule has 0 unspecified atom stereocenters. The van der Waals surface area contributed by atoms with E-state index < -0.39 is 0 Å². The lowest BCUT2D eigenvalue weighted by atomic mass is 9.97. The number of hydrogen-bond acceptors (Lipinski definition) is 4. The van der Waals surface area contributed by atoms with E-state index in [1.165, 1.54) is 23.5 Å². The Labute approximate surface area is 144 Å². The molecule has 4 nitrogen and oxygen atoms in total. The van der Waals surface area contributed by atoms with Crippen molar-refractivity contribution in [1.82, 2.24) is 10.3 Å². The van der Waals surface area contributed by atoms with Crippen molar-refractivity contribution < 1.29 is 9.18 Å². The van der Waals surface area contributed by atoms with Crippen molar-refractivity contribution in [3.8, 4) is 11.3 Å². The monoisotopic (exact) mass is 355 g/mol. The second kappa shape index (κ2) is 7.86. The maximum atomic E-state index is 13.0. The summed E-state index contributed by atoms with van der Waals surface area (Å²) in [6.07, 6.45) is 1.72. The van der Waals surface area contributed by atoms with Gasteiger partial charge in [-0.25, -0.2) is 9.37 Å². The Hall–Kier alpha value is -1.50. The Morgan fingerprint density at radius 1 is 1.30 bits per heavy atom. The maximum absolute atomic E-state index is 13.0. The van der Waals surface area contributed by atoms with Gasteiger partial charge in [0, 0.05) is 16.4 Å². The Morgan fingerprint density at radius 3 is 2.61 bits per heavy atom. The number of rotatable bonds is 3. The van der Waals surface area contributed by atoms with E-state index in [1.807, 2.05) is 6.92 Å². The van der Waals surface area contributed by atoms with Crippen LogP contribution in [0.5, 0.6) is 0 Å². The fourth-order valence-electron chi connectivity index (χ4n) is 2.62. The quantitative estimate of drug-likeness (QED) is 0.884. The molecular formula is C16H19ClFN3OS. The molecule has 2 aromatic rings. The van der Waals surface area contributed by atoms with Crippen molar-refractivity contribution >= 4 is 34.8 Å². The van der Waals surface area contributed by atoms with Crippen LogP contribution in [0.3, 0.4) is 0 Å². The molecule has 0 saturated carbocycles. The van der Waals surface area contributed by atoms with Crippen LogP contribution in [-0.2, 0) is 4.79 Å². The normalized spacial score (nSPS) is 15.0. The van der Waals surface area contributed by atoms with Crippen LogP contribution in [0, 0.1) is 18.7 Å².